The van der Waals surface area contributed by atoms with E-state index in [1.54, 1.807) is 0 Å². The largest absolute Gasteiger partial charge is 0.396 e. The topological polar surface area (TPSA) is 20.2 Å². The minimum atomic E-state index is 0. The summed E-state index contributed by atoms with van der Waals surface area (Å²) in [5.41, 5.74) is 0. The zero-order chi connectivity index (χ0) is 3.41. The molecular formula is C3H8OTb. The van der Waals surface area contributed by atoms with Gasteiger partial charge in [-0.25, -0.2) is 0 Å². The van der Waals surface area contributed by atoms with E-state index in [9.17, 15) is 0 Å². The Bertz CT molecular complexity index is 8.85. The van der Waals surface area contributed by atoms with Gasteiger partial charge in [-0.1, -0.05) is 6.92 Å². The molecule has 1 radical (unpaired) electrons. The maximum atomic E-state index is 7.88. The van der Waals surface area contributed by atoms with E-state index in [1.807, 2.05) is 6.92 Å². The summed E-state index contributed by atoms with van der Waals surface area (Å²) in [6.45, 7) is 2.25. The number of aliphatic hydroxyl groups excluding tert-OH is 1. The van der Waals surface area contributed by atoms with Crippen LogP contribution in [0.4, 0.5) is 0 Å². The molecule has 0 fully saturated rings. The third kappa shape index (κ3) is 11.0. The van der Waals surface area contributed by atoms with Crippen molar-refractivity contribution in [1.82, 2.24) is 0 Å². The fourth-order valence-electron chi connectivity index (χ4n) is 0. The predicted octanol–water partition coefficient (Wildman–Crippen LogP) is 0.389. The summed E-state index contributed by atoms with van der Waals surface area (Å²) in [5.74, 6) is 0. The molecule has 0 aliphatic rings. The second-order valence-corrected chi connectivity index (χ2v) is 0.724. The summed E-state index contributed by atoms with van der Waals surface area (Å²) >= 11 is 0. The number of hydrogen-bond donors (Lipinski definition) is 1. The van der Waals surface area contributed by atoms with Gasteiger partial charge in [0.2, 0.25) is 0 Å². The van der Waals surface area contributed by atoms with Gasteiger partial charge in [0.15, 0.2) is 0 Å². The molecule has 5 heavy (non-hydrogen) atoms. The van der Waals surface area contributed by atoms with E-state index < -0.39 is 0 Å². The van der Waals surface area contributed by atoms with E-state index in [1.165, 1.54) is 0 Å². The third-order valence-corrected chi connectivity index (χ3v) is 0.224. The van der Waals surface area contributed by atoms with Gasteiger partial charge in [-0.15, -0.1) is 0 Å². The molecular weight excluding hydrogens is 211 g/mol. The van der Waals surface area contributed by atoms with Gasteiger partial charge >= 0.3 is 0 Å². The maximum absolute atomic E-state index is 7.88. The predicted molar refractivity (Wildman–Crippen MR) is 17.4 cm³/mol. The Morgan fingerprint density at radius 2 is 1.80 bits per heavy atom. The first kappa shape index (κ1) is 9.53. The van der Waals surface area contributed by atoms with Crippen molar-refractivity contribution in [2.24, 2.45) is 0 Å². The average Bonchev–Trinajstić information content (AvgIpc) is 1.37. The second kappa shape index (κ2) is 8.98. The molecule has 0 bridgehead atoms. The molecule has 35 valence electrons. The standard InChI is InChI=1S/C3H8O.Tb/c1-2-3-4;/h4H,2-3H2,1H3;. The Morgan fingerprint density at radius 1 is 1.60 bits per heavy atom. The summed E-state index contributed by atoms with van der Waals surface area (Å²) in [6, 6.07) is 0. The van der Waals surface area contributed by atoms with E-state index in [0.29, 0.717) is 6.61 Å². The van der Waals surface area contributed by atoms with Gasteiger partial charge in [-0.05, 0) is 6.42 Å². The Hall–Kier alpha value is 1.25. The van der Waals surface area contributed by atoms with Crippen LogP contribution >= 0.6 is 0 Å². The number of aliphatic hydroxyl groups is 1. The first-order valence-corrected chi connectivity index (χ1v) is 1.52. The van der Waals surface area contributed by atoms with Crippen LogP contribution in [0.15, 0.2) is 0 Å². The van der Waals surface area contributed by atoms with Crippen LogP contribution in [0, 0.1) is 38.6 Å². The molecule has 0 aliphatic heterocycles. The van der Waals surface area contributed by atoms with Gasteiger partial charge in [-0.3, -0.25) is 0 Å². The normalized spacial score (nSPS) is 6.00. The van der Waals surface area contributed by atoms with E-state index >= 15 is 0 Å². The zero-order valence-electron chi connectivity index (χ0n) is 3.19. The van der Waals surface area contributed by atoms with Crippen LogP contribution in [-0.4, -0.2) is 11.7 Å². The van der Waals surface area contributed by atoms with Gasteiger partial charge in [0, 0.05) is 45.2 Å². The van der Waals surface area contributed by atoms with Crippen LogP contribution in [0.5, 0.6) is 0 Å². The zero-order valence-corrected chi connectivity index (χ0v) is 5.33. The molecule has 1 nitrogen and oxygen atoms in total. The molecule has 1 N–H and O–H groups in total. The summed E-state index contributed by atoms with van der Waals surface area (Å²) in [5, 5.41) is 7.88. The summed E-state index contributed by atoms with van der Waals surface area (Å²) in [6.07, 6.45) is 0.875. The summed E-state index contributed by atoms with van der Waals surface area (Å²) < 4.78 is 0. The molecule has 0 heterocycles. The van der Waals surface area contributed by atoms with E-state index in [2.05, 4.69) is 0 Å². The molecule has 0 spiro atoms. The van der Waals surface area contributed by atoms with Crippen LogP contribution in [-0.2, 0) is 0 Å². The number of rotatable bonds is 1. The van der Waals surface area contributed by atoms with Gasteiger partial charge < -0.3 is 5.11 Å². The smallest absolute Gasteiger partial charge is 0.0428 e. The van der Waals surface area contributed by atoms with Crippen LogP contribution in [0.3, 0.4) is 0 Å². The van der Waals surface area contributed by atoms with Gasteiger partial charge in [0.05, 0.1) is 0 Å². The minimum Gasteiger partial charge on any atom is -0.396 e. The van der Waals surface area contributed by atoms with E-state index in [-0.39, 0.29) is 38.6 Å². The molecule has 0 aromatic heterocycles. The first-order valence-electron chi connectivity index (χ1n) is 1.52. The molecule has 0 saturated heterocycles. The van der Waals surface area contributed by atoms with Crippen LogP contribution in [0.25, 0.3) is 0 Å². The van der Waals surface area contributed by atoms with Gasteiger partial charge in [0.25, 0.3) is 0 Å². The monoisotopic (exact) mass is 219 g/mol. The number of hydrogen-bond acceptors (Lipinski definition) is 1. The summed E-state index contributed by atoms with van der Waals surface area (Å²) in [4.78, 5) is 0. The maximum Gasteiger partial charge on any atom is 0.0428 e. The fourth-order valence-corrected chi connectivity index (χ4v) is 0. The molecule has 0 unspecified atom stereocenters. The fraction of sp³-hybridized carbons (Fsp3) is 1.00. The van der Waals surface area contributed by atoms with Crippen molar-refractivity contribution in [2.75, 3.05) is 6.61 Å². The quantitative estimate of drug-likeness (QED) is 0.676. The Balaban J connectivity index is 0. The van der Waals surface area contributed by atoms with Crippen molar-refractivity contribution in [3.8, 4) is 0 Å². The molecule has 0 aromatic carbocycles. The van der Waals surface area contributed by atoms with Gasteiger partial charge in [0.1, 0.15) is 0 Å². The molecule has 0 aromatic rings. The Morgan fingerprint density at radius 3 is 1.80 bits per heavy atom. The van der Waals surface area contributed by atoms with Crippen LogP contribution < -0.4 is 0 Å². The van der Waals surface area contributed by atoms with Gasteiger partial charge in [-0.2, -0.15) is 0 Å². The molecule has 0 saturated carbocycles. The second-order valence-electron chi connectivity index (χ2n) is 0.724. The average molecular weight is 219 g/mol. The Labute approximate surface area is 63.2 Å². The minimum absolute atomic E-state index is 0. The first-order chi connectivity index (χ1) is 1.91. The van der Waals surface area contributed by atoms with E-state index in [0.717, 1.165) is 6.42 Å². The molecule has 0 atom stereocenters. The van der Waals surface area contributed by atoms with Crippen molar-refractivity contribution < 1.29 is 43.7 Å². The molecule has 2 heteroatoms. The summed E-state index contributed by atoms with van der Waals surface area (Å²) in [7, 11) is 0. The molecule has 0 amide bonds. The van der Waals surface area contributed by atoms with Crippen molar-refractivity contribution >= 4 is 0 Å². The SMILES string of the molecule is CCCO.[Tb]. The van der Waals surface area contributed by atoms with Crippen molar-refractivity contribution in [1.29, 1.82) is 0 Å². The van der Waals surface area contributed by atoms with Crippen molar-refractivity contribution in [2.45, 2.75) is 13.3 Å². The van der Waals surface area contributed by atoms with E-state index in [4.69, 9.17) is 5.11 Å². The Kier molecular flexibility index (Phi) is 17.1. The van der Waals surface area contributed by atoms with Crippen molar-refractivity contribution in [3.05, 3.63) is 0 Å². The molecule has 0 aliphatic carbocycles. The molecule has 0 rings (SSSR count). The third-order valence-electron chi connectivity index (χ3n) is 0.224. The van der Waals surface area contributed by atoms with Crippen molar-refractivity contribution in [3.63, 3.8) is 0 Å². The van der Waals surface area contributed by atoms with Crippen LogP contribution in [0.2, 0.25) is 0 Å². The van der Waals surface area contributed by atoms with Crippen LogP contribution in [0.1, 0.15) is 13.3 Å².